The quantitative estimate of drug-likeness (QED) is 0.735. The second-order valence-corrected chi connectivity index (χ2v) is 8.32. The van der Waals surface area contributed by atoms with Crippen molar-refractivity contribution in [3.8, 4) is 11.6 Å². The van der Waals surface area contributed by atoms with Crippen molar-refractivity contribution >= 4 is 23.3 Å². The second kappa shape index (κ2) is 8.99. The van der Waals surface area contributed by atoms with Gasteiger partial charge >= 0.3 is 0 Å². The molecule has 2 aliphatic rings. The van der Waals surface area contributed by atoms with Gasteiger partial charge in [0.1, 0.15) is 17.9 Å². The molecule has 1 atom stereocenters. The molecule has 0 radical (unpaired) electrons. The molecule has 2 fully saturated rings. The minimum Gasteiger partial charge on any atom is -0.437 e. The van der Waals surface area contributed by atoms with Gasteiger partial charge in [-0.2, -0.15) is 0 Å². The van der Waals surface area contributed by atoms with Crippen LogP contribution in [-0.2, 0) is 4.79 Å². The molecule has 0 spiro atoms. The van der Waals surface area contributed by atoms with Gasteiger partial charge in [0, 0.05) is 37.7 Å². The third-order valence-corrected chi connectivity index (χ3v) is 6.18. The number of hydrogen-bond donors (Lipinski definition) is 0. The lowest BCUT2D eigenvalue weighted by Crippen LogP contribution is -2.55. The molecule has 154 valence electrons. The highest BCUT2D eigenvalue weighted by Gasteiger charge is 2.32. The van der Waals surface area contributed by atoms with Crippen LogP contribution in [0.2, 0.25) is 5.02 Å². The van der Waals surface area contributed by atoms with Crippen molar-refractivity contribution in [3.05, 3.63) is 41.7 Å². The highest BCUT2D eigenvalue weighted by Crippen LogP contribution is 2.30. The molecule has 1 aliphatic heterocycles. The van der Waals surface area contributed by atoms with Gasteiger partial charge in [-0.1, -0.05) is 43.0 Å². The van der Waals surface area contributed by atoms with E-state index < -0.39 is 0 Å². The van der Waals surface area contributed by atoms with E-state index in [1.54, 1.807) is 6.07 Å². The van der Waals surface area contributed by atoms with Crippen LogP contribution in [-0.4, -0.2) is 46.5 Å². The molecule has 6 nitrogen and oxygen atoms in total. The number of carbonyl (C=O) groups excluding carboxylic acids is 1. The Morgan fingerprint density at radius 1 is 1.14 bits per heavy atom. The number of para-hydroxylation sites is 1. The Hall–Kier alpha value is -2.34. The number of halogens is 1. The van der Waals surface area contributed by atoms with Crippen LogP contribution < -0.4 is 9.64 Å². The zero-order valence-electron chi connectivity index (χ0n) is 16.8. The Kier molecular flexibility index (Phi) is 6.19. The summed E-state index contributed by atoms with van der Waals surface area (Å²) >= 11 is 6.18. The van der Waals surface area contributed by atoms with E-state index >= 15 is 0 Å². The summed E-state index contributed by atoms with van der Waals surface area (Å²) in [7, 11) is 0. The Labute approximate surface area is 176 Å². The average Bonchev–Trinajstić information content (AvgIpc) is 2.76. The van der Waals surface area contributed by atoms with Crippen molar-refractivity contribution < 1.29 is 9.53 Å². The maximum atomic E-state index is 12.9. The third kappa shape index (κ3) is 4.64. The number of hydrogen-bond acceptors (Lipinski definition) is 5. The largest absolute Gasteiger partial charge is 0.437 e. The zero-order chi connectivity index (χ0) is 20.2. The van der Waals surface area contributed by atoms with Crippen LogP contribution in [0.25, 0.3) is 0 Å². The first-order chi connectivity index (χ1) is 14.1. The lowest BCUT2D eigenvalue weighted by Gasteiger charge is -2.42. The average molecular weight is 415 g/mol. The van der Waals surface area contributed by atoms with E-state index in [4.69, 9.17) is 16.3 Å². The molecule has 0 bridgehead atoms. The number of rotatable bonds is 4. The molecule has 1 saturated carbocycles. The molecule has 2 aromatic rings. The van der Waals surface area contributed by atoms with Crippen molar-refractivity contribution in [2.24, 2.45) is 5.92 Å². The Balaban J connectivity index is 1.41. The molecule has 0 unspecified atom stereocenters. The number of ether oxygens (including phenoxy) is 1. The van der Waals surface area contributed by atoms with Gasteiger partial charge in [0.15, 0.2) is 0 Å². The zero-order valence-corrected chi connectivity index (χ0v) is 17.5. The fraction of sp³-hybridized carbons (Fsp3) is 0.500. The molecule has 1 amide bonds. The second-order valence-electron chi connectivity index (χ2n) is 7.91. The van der Waals surface area contributed by atoms with Gasteiger partial charge in [-0.25, -0.2) is 9.97 Å². The minimum absolute atomic E-state index is 0.154. The van der Waals surface area contributed by atoms with E-state index in [-0.39, 0.29) is 12.0 Å². The first kappa shape index (κ1) is 20.0. The van der Waals surface area contributed by atoms with Crippen LogP contribution in [0.15, 0.2) is 36.7 Å². The summed E-state index contributed by atoms with van der Waals surface area (Å²) in [5.74, 6) is 2.37. The molecule has 1 aromatic heterocycles. The summed E-state index contributed by atoms with van der Waals surface area (Å²) in [6.45, 7) is 4.35. The number of piperazine rings is 1. The van der Waals surface area contributed by atoms with Gasteiger partial charge in [0.05, 0.1) is 5.02 Å². The number of amides is 1. The minimum atomic E-state index is 0.154. The standard InChI is InChI=1S/C22H27ClN4O2/c1-16-14-26(11-12-27(16)22(28)17-7-3-2-4-8-17)20-13-21(25-15-24-20)29-19-10-6-5-9-18(19)23/h5-6,9-10,13,15-17H,2-4,7-8,11-12,14H2,1H3/t16-/m0/s1. The summed E-state index contributed by atoms with van der Waals surface area (Å²) < 4.78 is 5.83. The van der Waals surface area contributed by atoms with E-state index in [1.807, 2.05) is 24.3 Å². The third-order valence-electron chi connectivity index (χ3n) is 5.87. The van der Waals surface area contributed by atoms with Crippen LogP contribution in [0.3, 0.4) is 0 Å². The number of benzene rings is 1. The topological polar surface area (TPSA) is 58.6 Å². The number of aromatic nitrogens is 2. The van der Waals surface area contributed by atoms with Gasteiger partial charge in [0.25, 0.3) is 0 Å². The maximum Gasteiger partial charge on any atom is 0.226 e. The van der Waals surface area contributed by atoms with Gasteiger partial charge < -0.3 is 14.5 Å². The van der Waals surface area contributed by atoms with Gasteiger partial charge in [0.2, 0.25) is 11.8 Å². The normalized spacial score (nSPS) is 20.6. The van der Waals surface area contributed by atoms with Crippen LogP contribution in [0, 0.1) is 5.92 Å². The maximum absolute atomic E-state index is 12.9. The van der Waals surface area contributed by atoms with Crippen molar-refractivity contribution in [3.63, 3.8) is 0 Å². The lowest BCUT2D eigenvalue weighted by molar-refractivity contribution is -0.139. The Morgan fingerprint density at radius 3 is 2.69 bits per heavy atom. The molecule has 29 heavy (non-hydrogen) atoms. The van der Waals surface area contributed by atoms with Gasteiger partial charge in [-0.15, -0.1) is 0 Å². The van der Waals surface area contributed by atoms with E-state index in [0.717, 1.165) is 38.3 Å². The monoisotopic (exact) mass is 414 g/mol. The van der Waals surface area contributed by atoms with Crippen molar-refractivity contribution in [1.29, 1.82) is 0 Å². The molecule has 7 heteroatoms. The number of carbonyl (C=O) groups is 1. The SMILES string of the molecule is C[C@H]1CN(c2cc(Oc3ccccc3Cl)ncn2)CCN1C(=O)C1CCCCC1. The number of nitrogens with zero attached hydrogens (tertiary/aromatic N) is 4. The summed E-state index contributed by atoms with van der Waals surface area (Å²) in [5.41, 5.74) is 0. The molecule has 1 aliphatic carbocycles. The van der Waals surface area contributed by atoms with Gasteiger partial charge in [-0.05, 0) is 31.9 Å². The molecule has 2 heterocycles. The molecule has 0 N–H and O–H groups in total. The summed E-state index contributed by atoms with van der Waals surface area (Å²) in [5, 5.41) is 0.538. The highest BCUT2D eigenvalue weighted by molar-refractivity contribution is 6.32. The molecule has 1 aromatic carbocycles. The number of anilines is 1. The van der Waals surface area contributed by atoms with E-state index in [2.05, 4.69) is 26.7 Å². The summed E-state index contributed by atoms with van der Waals surface area (Å²) in [6, 6.07) is 9.30. The molecular formula is C22H27ClN4O2. The predicted octanol–water partition coefficient (Wildman–Crippen LogP) is 4.54. The van der Waals surface area contributed by atoms with E-state index in [9.17, 15) is 4.79 Å². The van der Waals surface area contributed by atoms with Crippen LogP contribution in [0.1, 0.15) is 39.0 Å². The molecule has 4 rings (SSSR count). The lowest BCUT2D eigenvalue weighted by atomic mass is 9.88. The summed E-state index contributed by atoms with van der Waals surface area (Å²) in [6.07, 6.45) is 7.21. The fourth-order valence-corrected chi connectivity index (χ4v) is 4.45. The smallest absolute Gasteiger partial charge is 0.226 e. The first-order valence-corrected chi connectivity index (χ1v) is 10.8. The summed E-state index contributed by atoms with van der Waals surface area (Å²) in [4.78, 5) is 25.8. The van der Waals surface area contributed by atoms with Crippen molar-refractivity contribution in [2.75, 3.05) is 24.5 Å². The Bertz CT molecular complexity index is 856. The Morgan fingerprint density at radius 2 is 1.93 bits per heavy atom. The van der Waals surface area contributed by atoms with Crippen LogP contribution in [0.5, 0.6) is 11.6 Å². The predicted molar refractivity (Wildman–Crippen MR) is 114 cm³/mol. The van der Waals surface area contributed by atoms with Gasteiger partial charge in [-0.3, -0.25) is 4.79 Å². The van der Waals surface area contributed by atoms with Crippen molar-refractivity contribution in [1.82, 2.24) is 14.9 Å². The van der Waals surface area contributed by atoms with Crippen LogP contribution in [0.4, 0.5) is 5.82 Å². The molecular weight excluding hydrogens is 388 g/mol. The molecule has 1 saturated heterocycles. The first-order valence-electron chi connectivity index (χ1n) is 10.4. The van der Waals surface area contributed by atoms with E-state index in [0.29, 0.717) is 22.6 Å². The fourth-order valence-electron chi connectivity index (χ4n) is 4.28. The van der Waals surface area contributed by atoms with Crippen LogP contribution >= 0.6 is 11.6 Å². The highest BCUT2D eigenvalue weighted by atomic mass is 35.5. The van der Waals surface area contributed by atoms with Crippen molar-refractivity contribution in [2.45, 2.75) is 45.1 Å². The van der Waals surface area contributed by atoms with E-state index in [1.165, 1.54) is 25.6 Å².